The second-order valence-electron chi connectivity index (χ2n) is 6.89. The summed E-state index contributed by atoms with van der Waals surface area (Å²) in [5.74, 6) is 0.206. The first kappa shape index (κ1) is 23.0. The number of halogens is 2. The number of rotatable bonds is 6. The second kappa shape index (κ2) is 8.64. The third-order valence-electron chi connectivity index (χ3n) is 4.59. The van der Waals surface area contributed by atoms with Crippen molar-refractivity contribution in [3.63, 3.8) is 0 Å². The maximum absolute atomic E-state index is 13.1. The molecule has 1 aromatic heterocycles. The van der Waals surface area contributed by atoms with Crippen LogP contribution in [0.2, 0.25) is 0 Å². The van der Waals surface area contributed by atoms with E-state index in [1.54, 1.807) is 36.4 Å². The molecule has 0 spiro atoms. The van der Waals surface area contributed by atoms with Gasteiger partial charge in [-0.2, -0.15) is 8.42 Å². The van der Waals surface area contributed by atoms with Gasteiger partial charge >= 0.3 is 0 Å². The lowest BCUT2D eigenvalue weighted by molar-refractivity contribution is 0.475. The van der Waals surface area contributed by atoms with Gasteiger partial charge < -0.3 is 9.72 Å². The Balaban J connectivity index is 1.72. The van der Waals surface area contributed by atoms with Gasteiger partial charge in [0, 0.05) is 17.1 Å². The van der Waals surface area contributed by atoms with Gasteiger partial charge in [0.25, 0.3) is 10.1 Å². The Kier molecular flexibility index (Phi) is 6.21. The van der Waals surface area contributed by atoms with E-state index in [1.807, 2.05) is 0 Å². The van der Waals surface area contributed by atoms with Gasteiger partial charge in [0.05, 0.1) is 18.7 Å². The topological polar surface area (TPSA) is 114 Å². The van der Waals surface area contributed by atoms with E-state index in [1.165, 1.54) is 30.5 Å². The van der Waals surface area contributed by atoms with Crippen LogP contribution in [0.4, 0.5) is 0 Å². The molecular weight excluding hydrogens is 586 g/mol. The van der Waals surface area contributed by atoms with Crippen molar-refractivity contribution in [2.24, 2.45) is 0 Å². The van der Waals surface area contributed by atoms with E-state index in [2.05, 4.69) is 36.8 Å². The smallest absolute Gasteiger partial charge is 0.269 e. The monoisotopic (exact) mass is 599 g/mol. The number of hydrogen-bond acceptors (Lipinski definition) is 5. The summed E-state index contributed by atoms with van der Waals surface area (Å²) in [7, 11) is -7.92. The molecule has 0 bridgehead atoms. The van der Waals surface area contributed by atoms with E-state index in [9.17, 15) is 16.8 Å². The average molecular weight is 601 g/mol. The van der Waals surface area contributed by atoms with Gasteiger partial charge in [0.15, 0.2) is 5.75 Å². The first-order valence-electron chi connectivity index (χ1n) is 9.07. The predicted octanol–water partition coefficient (Wildman–Crippen LogP) is 5.71. The summed E-state index contributed by atoms with van der Waals surface area (Å²) in [6.45, 7) is 0. The lowest BCUT2D eigenvalue weighted by Gasteiger charge is -2.12. The number of aromatic amines is 1. The molecule has 7 nitrogen and oxygen atoms in total. The van der Waals surface area contributed by atoms with E-state index >= 15 is 0 Å². The highest BCUT2D eigenvalue weighted by Crippen LogP contribution is 2.39. The Morgan fingerprint density at radius 2 is 1.56 bits per heavy atom. The van der Waals surface area contributed by atoms with Gasteiger partial charge in [-0.05, 0) is 79.9 Å². The summed E-state index contributed by atoms with van der Waals surface area (Å²) in [6, 6.07) is 16.2. The lowest BCUT2D eigenvalue weighted by atomic mass is 10.2. The number of benzene rings is 3. The van der Waals surface area contributed by atoms with E-state index < -0.39 is 25.7 Å². The predicted molar refractivity (Wildman–Crippen MR) is 127 cm³/mol. The molecule has 0 saturated carbocycles. The molecule has 2 N–H and O–H groups in total. The molecule has 0 radical (unpaired) electrons. The fourth-order valence-corrected chi connectivity index (χ4v) is 6.68. The first-order valence-corrected chi connectivity index (χ1v) is 13.7. The van der Waals surface area contributed by atoms with Crippen LogP contribution in [0.3, 0.4) is 0 Å². The minimum Gasteiger partial charge on any atom is -0.455 e. The van der Waals surface area contributed by atoms with Crippen LogP contribution >= 0.6 is 31.9 Å². The molecule has 166 valence electrons. The molecule has 0 aliphatic rings. The fourth-order valence-electron chi connectivity index (χ4n) is 3.21. The van der Waals surface area contributed by atoms with Crippen molar-refractivity contribution in [2.75, 3.05) is 0 Å². The molecule has 0 aliphatic carbocycles. The summed E-state index contributed by atoms with van der Waals surface area (Å²) < 4.78 is 64.4. The minimum absolute atomic E-state index is 0.130. The normalized spacial score (nSPS) is 12.2. The van der Waals surface area contributed by atoms with E-state index in [-0.39, 0.29) is 9.79 Å². The van der Waals surface area contributed by atoms with Crippen LogP contribution in [-0.2, 0) is 25.7 Å². The zero-order valence-electron chi connectivity index (χ0n) is 16.1. The highest BCUT2D eigenvalue weighted by Gasteiger charge is 2.22. The number of ether oxygens (including phenoxy) is 1. The van der Waals surface area contributed by atoms with Crippen LogP contribution in [0.5, 0.6) is 11.5 Å². The molecule has 4 aromatic rings. The molecule has 0 amide bonds. The third-order valence-corrected chi connectivity index (χ3v) is 8.27. The maximum Gasteiger partial charge on any atom is 0.269 e. The first-order chi connectivity index (χ1) is 15.0. The van der Waals surface area contributed by atoms with Crippen LogP contribution in [0.1, 0.15) is 5.56 Å². The zero-order valence-corrected chi connectivity index (χ0v) is 20.9. The van der Waals surface area contributed by atoms with Crippen LogP contribution in [-0.4, -0.2) is 26.4 Å². The molecule has 0 aliphatic heterocycles. The SMILES string of the molecule is O=S(=O)(O)Cc1cc(Br)c(Oc2ccc3[nH]cc(S(=O)(=O)c4ccccc4)c3c2)c(Br)c1. The number of fused-ring (bicyclic) bond motifs is 1. The van der Waals surface area contributed by atoms with Gasteiger partial charge in [-0.3, -0.25) is 4.55 Å². The minimum atomic E-state index is -4.18. The Bertz CT molecular complexity index is 1510. The van der Waals surface area contributed by atoms with Crippen LogP contribution < -0.4 is 4.74 Å². The molecule has 0 atom stereocenters. The average Bonchev–Trinajstić information content (AvgIpc) is 3.14. The molecule has 0 saturated heterocycles. The Morgan fingerprint density at radius 3 is 2.19 bits per heavy atom. The largest absolute Gasteiger partial charge is 0.455 e. The molecule has 4 rings (SSSR count). The number of aromatic nitrogens is 1. The van der Waals surface area contributed by atoms with E-state index in [4.69, 9.17) is 9.29 Å². The maximum atomic E-state index is 13.1. The van der Waals surface area contributed by atoms with Crippen molar-refractivity contribution < 1.29 is 26.1 Å². The molecule has 32 heavy (non-hydrogen) atoms. The Morgan fingerprint density at radius 1 is 0.906 bits per heavy atom. The van der Waals surface area contributed by atoms with Crippen LogP contribution in [0, 0.1) is 0 Å². The lowest BCUT2D eigenvalue weighted by Crippen LogP contribution is -2.02. The molecule has 3 aromatic carbocycles. The molecule has 0 unspecified atom stereocenters. The second-order valence-corrected chi connectivity index (χ2v) is 12.0. The van der Waals surface area contributed by atoms with Gasteiger partial charge in [-0.1, -0.05) is 18.2 Å². The number of H-pyrrole nitrogens is 1. The zero-order chi connectivity index (χ0) is 23.1. The van der Waals surface area contributed by atoms with Crippen molar-refractivity contribution in [1.82, 2.24) is 4.98 Å². The van der Waals surface area contributed by atoms with Gasteiger partial charge in [-0.15, -0.1) is 0 Å². The summed E-state index contributed by atoms with van der Waals surface area (Å²) in [6.07, 6.45) is 1.45. The summed E-state index contributed by atoms with van der Waals surface area (Å²) >= 11 is 6.70. The van der Waals surface area contributed by atoms with Crippen molar-refractivity contribution in [1.29, 1.82) is 0 Å². The van der Waals surface area contributed by atoms with Gasteiger partial charge in [0.2, 0.25) is 9.84 Å². The molecule has 0 fully saturated rings. The summed E-state index contributed by atoms with van der Waals surface area (Å²) in [5, 5.41) is 0.474. The Labute approximate surface area is 201 Å². The quantitative estimate of drug-likeness (QED) is 0.274. The van der Waals surface area contributed by atoms with Crippen molar-refractivity contribution in [3.8, 4) is 11.5 Å². The van der Waals surface area contributed by atoms with Crippen molar-refractivity contribution in [2.45, 2.75) is 15.5 Å². The highest BCUT2D eigenvalue weighted by atomic mass is 79.9. The molecular formula is C21H15Br2NO6S2. The number of hydrogen-bond donors (Lipinski definition) is 2. The van der Waals surface area contributed by atoms with Gasteiger partial charge in [-0.25, -0.2) is 8.42 Å². The molecule has 1 heterocycles. The van der Waals surface area contributed by atoms with Crippen LogP contribution in [0.15, 0.2) is 85.6 Å². The standard InChI is InChI=1S/C21H15Br2NO6S2/c22-17-8-13(12-31(25,26)27)9-18(23)21(17)30-14-6-7-19-16(10-14)20(11-24-19)32(28,29)15-4-2-1-3-5-15/h1-11,24H,12H2,(H,25,26,27). The Hall–Kier alpha value is -2.18. The number of sulfone groups is 1. The van der Waals surface area contributed by atoms with Crippen LogP contribution in [0.25, 0.3) is 10.9 Å². The fraction of sp³-hybridized carbons (Fsp3) is 0.0476. The third kappa shape index (κ3) is 4.76. The molecule has 11 heteroatoms. The summed E-state index contributed by atoms with van der Waals surface area (Å²) in [5.41, 5.74) is 0.990. The number of nitrogens with one attached hydrogen (secondary N) is 1. The van der Waals surface area contributed by atoms with Gasteiger partial charge in [0.1, 0.15) is 11.5 Å². The summed E-state index contributed by atoms with van der Waals surface area (Å²) in [4.78, 5) is 3.29. The van der Waals surface area contributed by atoms with E-state index in [0.717, 1.165) is 0 Å². The van der Waals surface area contributed by atoms with Crippen molar-refractivity contribution >= 4 is 62.7 Å². The van der Waals surface area contributed by atoms with E-state index in [0.29, 0.717) is 36.9 Å². The highest BCUT2D eigenvalue weighted by molar-refractivity contribution is 9.11. The van der Waals surface area contributed by atoms with Crippen molar-refractivity contribution in [3.05, 3.63) is 81.4 Å².